The third-order valence-electron chi connectivity index (χ3n) is 16.0. The molecule has 0 aromatic carbocycles. The first-order valence-corrected chi connectivity index (χ1v) is 20.6. The lowest BCUT2D eigenvalue weighted by molar-refractivity contribution is -0.319. The van der Waals surface area contributed by atoms with E-state index >= 15 is 0 Å². The molecule has 0 bridgehead atoms. The molecule has 3 saturated carbocycles. The van der Waals surface area contributed by atoms with Crippen LogP contribution >= 0.6 is 0 Å². The lowest BCUT2D eigenvalue weighted by Gasteiger charge is -2.65. The third kappa shape index (κ3) is 7.09. The monoisotopic (exact) mass is 796 g/mol. The smallest absolute Gasteiger partial charge is 0.187 e. The highest BCUT2D eigenvalue weighted by atomic mass is 16.7. The number of ether oxygens (including phenoxy) is 4. The molecule has 14 heteroatoms. The van der Waals surface area contributed by atoms with Crippen LogP contribution in [0.4, 0.5) is 0 Å². The fourth-order valence-corrected chi connectivity index (χ4v) is 12.2. The Kier molecular flexibility index (Phi) is 12.6. The zero-order chi connectivity index (χ0) is 41.3. The second-order valence-corrected chi connectivity index (χ2v) is 19.4. The van der Waals surface area contributed by atoms with Gasteiger partial charge in [0, 0.05) is 17.3 Å². The van der Waals surface area contributed by atoms with Crippen molar-refractivity contribution < 1.29 is 69.7 Å². The third-order valence-corrected chi connectivity index (χ3v) is 16.0. The van der Waals surface area contributed by atoms with Crippen LogP contribution in [0.3, 0.4) is 0 Å². The van der Waals surface area contributed by atoms with Gasteiger partial charge < -0.3 is 64.9 Å². The molecule has 6 rings (SSSR count). The van der Waals surface area contributed by atoms with Crippen LogP contribution < -0.4 is 0 Å². The van der Waals surface area contributed by atoms with Gasteiger partial charge in [-0.25, -0.2) is 0 Å². The van der Waals surface area contributed by atoms with E-state index < -0.39 is 103 Å². The van der Waals surface area contributed by atoms with E-state index in [1.807, 2.05) is 19.9 Å². The van der Waals surface area contributed by atoms with Crippen LogP contribution in [-0.4, -0.2) is 145 Å². The fourth-order valence-electron chi connectivity index (χ4n) is 12.2. The van der Waals surface area contributed by atoms with Gasteiger partial charge in [-0.1, -0.05) is 57.9 Å². The van der Waals surface area contributed by atoms with Gasteiger partial charge in [0.05, 0.1) is 31.5 Å². The predicted molar refractivity (Wildman–Crippen MR) is 201 cm³/mol. The number of aliphatic hydroxyl groups excluding tert-OH is 8. The lowest BCUT2D eigenvalue weighted by atomic mass is 9.38. The summed E-state index contributed by atoms with van der Waals surface area (Å²) in [6.45, 7) is 13.6. The number of aliphatic hydroxyl groups is 9. The molecule has 0 spiro atoms. The molecule has 2 saturated heterocycles. The van der Waals surface area contributed by atoms with Gasteiger partial charge in [-0.05, 0) is 87.4 Å². The maximum absolute atomic E-state index is 14.8. The van der Waals surface area contributed by atoms with Crippen LogP contribution in [0.25, 0.3) is 0 Å². The zero-order valence-corrected chi connectivity index (χ0v) is 34.1. The quantitative estimate of drug-likeness (QED) is 0.134. The van der Waals surface area contributed by atoms with Crippen molar-refractivity contribution in [3.8, 4) is 0 Å². The van der Waals surface area contributed by atoms with E-state index in [0.717, 1.165) is 24.0 Å². The Hall–Kier alpha value is -1.37. The van der Waals surface area contributed by atoms with E-state index in [2.05, 4.69) is 40.7 Å². The summed E-state index contributed by atoms with van der Waals surface area (Å²) in [6, 6.07) is 0. The number of allylic oxidation sites excluding steroid dienone is 2. The Balaban J connectivity index is 1.13. The average Bonchev–Trinajstić information content (AvgIpc) is 3.42. The molecule has 0 radical (unpaired) electrons. The van der Waals surface area contributed by atoms with E-state index in [4.69, 9.17) is 18.9 Å². The summed E-state index contributed by atoms with van der Waals surface area (Å²) in [5.41, 5.74) is -0.900. The summed E-state index contributed by atoms with van der Waals surface area (Å²) in [5.74, 6) is 0.164. The summed E-state index contributed by atoms with van der Waals surface area (Å²) in [7, 11) is 0. The number of Topliss-reactive ketones (excluding diaryl/α,β-unsaturated/α-hetero) is 1. The van der Waals surface area contributed by atoms with Gasteiger partial charge >= 0.3 is 0 Å². The molecule has 0 aromatic heterocycles. The molecule has 6 aliphatic rings. The molecular formula is C42H68O14. The zero-order valence-electron chi connectivity index (χ0n) is 34.1. The summed E-state index contributed by atoms with van der Waals surface area (Å²) >= 11 is 0. The molecule has 0 aromatic rings. The lowest BCUT2D eigenvalue weighted by Crippen LogP contribution is -2.64. The molecule has 4 aliphatic carbocycles. The standard InChI is InChI=1S/C42H68O14/c1-21(20-53-36-34(50)32(48)30(46)24(18-43)54-36)9-8-15-41(6,52)26-14-16-39(4)27-12-10-22-23(42(27,7)28(45)17-40(26,39)5)11-13-29(38(22,2)3)56-37-35(51)33(49)31(47)25(19-44)55-37/h9-10,23-27,29-37,43-44,46-52H,8,11-20H2,1-7H3/b21-9-/t23-,24-,25+,26?,27+,29+,30-,31+,32+,33-,34-,35+,36-,37-,39+,40-,41?,42+/m1/s1. The van der Waals surface area contributed by atoms with Crippen molar-refractivity contribution in [3.63, 3.8) is 0 Å². The van der Waals surface area contributed by atoms with Crippen molar-refractivity contribution in [2.75, 3.05) is 19.8 Å². The van der Waals surface area contributed by atoms with Crippen molar-refractivity contribution in [3.05, 3.63) is 23.3 Å². The first-order chi connectivity index (χ1) is 26.1. The van der Waals surface area contributed by atoms with Crippen LogP contribution in [0.5, 0.6) is 0 Å². The number of carbonyl (C=O) groups is 1. The molecule has 2 heterocycles. The second-order valence-electron chi connectivity index (χ2n) is 19.4. The highest BCUT2D eigenvalue weighted by Crippen LogP contribution is 2.74. The number of hydrogen-bond acceptors (Lipinski definition) is 14. The molecular weight excluding hydrogens is 728 g/mol. The number of hydrogen-bond donors (Lipinski definition) is 9. The SMILES string of the molecule is C/C(=C/CCC(C)(O)C1CC[C@@]2(C)[C@@H]3CC=C4[C@@H](CC[C@H](O[C@H]5O[C@@H](CO)[C@H](O)[C@@H](O)[C@@H]5O)C4(C)C)[C@]3(C)C(=O)C[C@]12C)CO[C@@H]1O[C@H](CO)[C@@H](O)[C@H](O)[C@H]1O. The van der Waals surface area contributed by atoms with Gasteiger partial charge in [0.15, 0.2) is 12.6 Å². The second kappa shape index (κ2) is 15.9. The van der Waals surface area contributed by atoms with Crippen LogP contribution in [0, 0.1) is 39.4 Å². The van der Waals surface area contributed by atoms with Crippen LogP contribution in [-0.2, 0) is 23.7 Å². The van der Waals surface area contributed by atoms with Crippen molar-refractivity contribution in [2.24, 2.45) is 39.4 Å². The van der Waals surface area contributed by atoms with Gasteiger partial charge in [0.25, 0.3) is 0 Å². The summed E-state index contributed by atoms with van der Waals surface area (Å²) in [4.78, 5) is 14.8. The number of ketones is 1. The largest absolute Gasteiger partial charge is 0.394 e. The molecule has 320 valence electrons. The van der Waals surface area contributed by atoms with Gasteiger partial charge in [-0.3, -0.25) is 4.79 Å². The molecule has 0 amide bonds. The first kappa shape index (κ1) is 44.2. The van der Waals surface area contributed by atoms with Crippen molar-refractivity contribution in [2.45, 2.75) is 173 Å². The summed E-state index contributed by atoms with van der Waals surface area (Å²) in [6.07, 6.45) is -4.62. The van der Waals surface area contributed by atoms with Crippen LogP contribution in [0.2, 0.25) is 0 Å². The van der Waals surface area contributed by atoms with Crippen LogP contribution in [0.15, 0.2) is 23.3 Å². The Morgan fingerprint density at radius 2 is 1.45 bits per heavy atom. The van der Waals surface area contributed by atoms with E-state index in [0.29, 0.717) is 38.5 Å². The highest BCUT2D eigenvalue weighted by Gasteiger charge is 2.71. The number of rotatable bonds is 11. The van der Waals surface area contributed by atoms with Crippen molar-refractivity contribution in [1.82, 2.24) is 0 Å². The Bertz CT molecular complexity index is 1490. The molecule has 14 nitrogen and oxygen atoms in total. The summed E-state index contributed by atoms with van der Waals surface area (Å²) in [5, 5.41) is 93.1. The minimum atomic E-state index is -1.53. The van der Waals surface area contributed by atoms with Gasteiger partial charge in [-0.15, -0.1) is 0 Å². The Morgan fingerprint density at radius 3 is 2.05 bits per heavy atom. The molecule has 56 heavy (non-hydrogen) atoms. The maximum Gasteiger partial charge on any atom is 0.187 e. The molecule has 2 aliphatic heterocycles. The van der Waals surface area contributed by atoms with Gasteiger partial charge in [0.1, 0.15) is 54.6 Å². The fraction of sp³-hybridized carbons (Fsp3) is 0.881. The van der Waals surface area contributed by atoms with Crippen LogP contribution in [0.1, 0.15) is 99.8 Å². The topological polar surface area (TPSA) is 236 Å². The molecule has 9 N–H and O–H groups in total. The molecule has 2 unspecified atom stereocenters. The predicted octanol–water partition coefficient (Wildman–Crippen LogP) is 1.25. The number of fused-ring (bicyclic) bond motifs is 5. The summed E-state index contributed by atoms with van der Waals surface area (Å²) < 4.78 is 23.2. The molecule has 5 fully saturated rings. The van der Waals surface area contributed by atoms with E-state index in [1.54, 1.807) is 0 Å². The first-order valence-electron chi connectivity index (χ1n) is 20.6. The van der Waals surface area contributed by atoms with Crippen molar-refractivity contribution in [1.29, 1.82) is 0 Å². The Morgan fingerprint density at radius 1 is 0.857 bits per heavy atom. The van der Waals surface area contributed by atoms with Gasteiger partial charge in [0.2, 0.25) is 0 Å². The molecule has 18 atom stereocenters. The van der Waals surface area contributed by atoms with E-state index in [9.17, 15) is 50.8 Å². The van der Waals surface area contributed by atoms with Gasteiger partial charge in [-0.2, -0.15) is 0 Å². The minimum Gasteiger partial charge on any atom is -0.394 e. The van der Waals surface area contributed by atoms with E-state index in [-0.39, 0.29) is 35.6 Å². The van der Waals surface area contributed by atoms with E-state index in [1.165, 1.54) is 0 Å². The highest BCUT2D eigenvalue weighted by molar-refractivity contribution is 5.88. The normalized spacial score (nSPS) is 49.0. The number of carbonyl (C=O) groups excluding carboxylic acids is 1. The van der Waals surface area contributed by atoms with Crippen molar-refractivity contribution >= 4 is 5.78 Å². The minimum absolute atomic E-state index is 0.0161. The Labute approximate surface area is 330 Å². The maximum atomic E-state index is 14.8. The average molecular weight is 797 g/mol.